The molecule has 2 atom stereocenters. The molecule has 1 amide bonds. The molecule has 0 saturated carbocycles. The number of carboxylic acid groups (broad SMARTS) is 1. The lowest BCUT2D eigenvalue weighted by atomic mass is 9.90. The van der Waals surface area contributed by atoms with Gasteiger partial charge in [-0.3, -0.25) is 9.59 Å². The maximum Gasteiger partial charge on any atom is 0.411 e. The lowest BCUT2D eigenvalue weighted by Crippen LogP contribution is -2.53. The van der Waals surface area contributed by atoms with Crippen molar-refractivity contribution in [3.05, 3.63) is 85.8 Å². The fourth-order valence-electron chi connectivity index (χ4n) is 5.85. The number of nitrogens with zero attached hydrogens (tertiary/aromatic N) is 2. The summed E-state index contributed by atoms with van der Waals surface area (Å²) in [6.07, 6.45) is -5.02. The number of fused-ring (bicyclic) bond motifs is 1. The van der Waals surface area contributed by atoms with Crippen molar-refractivity contribution in [1.29, 1.82) is 0 Å². The van der Waals surface area contributed by atoms with Crippen molar-refractivity contribution in [2.45, 2.75) is 51.7 Å². The summed E-state index contributed by atoms with van der Waals surface area (Å²) in [5.41, 5.74) is 2.70. The number of pyridine rings is 1. The van der Waals surface area contributed by atoms with E-state index in [1.807, 2.05) is 19.9 Å². The first-order chi connectivity index (χ1) is 21.2. The van der Waals surface area contributed by atoms with Crippen LogP contribution in [0.15, 0.2) is 35.1 Å². The Labute approximate surface area is 254 Å². The predicted octanol–water partition coefficient (Wildman–Crippen LogP) is 4.17. The van der Waals surface area contributed by atoms with E-state index in [1.54, 1.807) is 19.2 Å². The van der Waals surface area contributed by atoms with Gasteiger partial charge in [0.25, 0.3) is 11.5 Å². The minimum atomic E-state index is -4.74. The van der Waals surface area contributed by atoms with Gasteiger partial charge in [0.05, 0.1) is 32.0 Å². The van der Waals surface area contributed by atoms with Crippen LogP contribution in [0.3, 0.4) is 0 Å². The zero-order chi connectivity index (χ0) is 32.8. The third-order valence-corrected chi connectivity index (χ3v) is 8.28. The second-order valence-electron chi connectivity index (χ2n) is 11.1. The van der Waals surface area contributed by atoms with E-state index >= 15 is 8.78 Å². The number of nitrogens with one attached hydrogen (secondary N) is 1. The maximum atomic E-state index is 15.1. The highest BCUT2D eigenvalue weighted by Gasteiger charge is 2.46. The monoisotopic (exact) mass is 635 g/mol. The second kappa shape index (κ2) is 12.2. The molecule has 1 aromatic heterocycles. The van der Waals surface area contributed by atoms with Crippen LogP contribution >= 0.6 is 0 Å². The Kier molecular flexibility index (Phi) is 8.73. The first-order valence-corrected chi connectivity index (χ1v) is 14.0. The zero-order valence-electron chi connectivity index (χ0n) is 24.6. The molecule has 0 aliphatic carbocycles. The number of aryl methyl sites for hydroxylation is 2. The van der Waals surface area contributed by atoms with Gasteiger partial charge in [0, 0.05) is 31.4 Å². The van der Waals surface area contributed by atoms with E-state index in [0.29, 0.717) is 39.9 Å². The van der Waals surface area contributed by atoms with Gasteiger partial charge >= 0.3 is 12.1 Å². The zero-order valence-corrected chi connectivity index (χ0v) is 24.6. The van der Waals surface area contributed by atoms with Crippen molar-refractivity contribution in [3.63, 3.8) is 0 Å². The molecule has 9 nitrogen and oxygen atoms in total. The van der Waals surface area contributed by atoms with Crippen molar-refractivity contribution in [2.24, 2.45) is 7.05 Å². The molecule has 2 aliphatic rings. The van der Waals surface area contributed by atoms with Gasteiger partial charge in [-0.05, 0) is 59.9 Å². The smallest absolute Gasteiger partial charge is 0.411 e. The Morgan fingerprint density at radius 3 is 2.38 bits per heavy atom. The van der Waals surface area contributed by atoms with Gasteiger partial charge in [-0.1, -0.05) is 12.1 Å². The molecule has 14 heteroatoms. The number of hydrogen-bond donors (Lipinski definition) is 2. The largest absolute Gasteiger partial charge is 0.480 e. The van der Waals surface area contributed by atoms with Crippen LogP contribution in [-0.2, 0) is 41.0 Å². The van der Waals surface area contributed by atoms with Crippen LogP contribution in [0.4, 0.5) is 27.6 Å². The maximum absolute atomic E-state index is 15.1. The molecule has 45 heavy (non-hydrogen) atoms. The number of carbonyl (C=O) groups is 2. The minimum Gasteiger partial charge on any atom is -0.480 e. The summed E-state index contributed by atoms with van der Waals surface area (Å²) in [7, 11) is 1.66. The van der Waals surface area contributed by atoms with Gasteiger partial charge in [-0.15, -0.1) is 0 Å². The standard InChI is InChI=1S/C31H30F5N3O6/c1-15-8-16(2)38(3)29(41)26(15)19-5-4-17(20-12-45-13-21(19)20)9-24(30(42)43)37-28(40)27-22(32)10-18(11-23(27)33)39-6-7-44-14-25(39)31(34,35)36/h4-5,8,10-11,24-25H,6-7,9,12-14H2,1-3H3,(H,37,40)(H,42,43)/t24-,25+/m0/s1. The van der Waals surface area contributed by atoms with Crippen LogP contribution in [0.5, 0.6) is 0 Å². The highest BCUT2D eigenvalue weighted by atomic mass is 19.4. The third-order valence-electron chi connectivity index (χ3n) is 8.28. The Bertz CT molecular complexity index is 1720. The average molecular weight is 636 g/mol. The Hall–Kier alpha value is -4.30. The number of rotatable bonds is 7. The van der Waals surface area contributed by atoms with Gasteiger partial charge in [-0.25, -0.2) is 13.6 Å². The van der Waals surface area contributed by atoms with E-state index in [9.17, 15) is 32.7 Å². The molecule has 5 rings (SSSR count). The van der Waals surface area contributed by atoms with Crippen molar-refractivity contribution in [2.75, 3.05) is 24.7 Å². The molecule has 3 heterocycles. The van der Waals surface area contributed by atoms with Crippen molar-refractivity contribution in [3.8, 4) is 11.1 Å². The molecular formula is C31H30F5N3O6. The van der Waals surface area contributed by atoms with E-state index in [1.165, 1.54) is 4.57 Å². The molecule has 1 fully saturated rings. The molecule has 0 unspecified atom stereocenters. The molecule has 1 saturated heterocycles. The number of hydrogen-bond acceptors (Lipinski definition) is 6. The van der Waals surface area contributed by atoms with Gasteiger partial charge in [0.1, 0.15) is 29.3 Å². The molecule has 0 bridgehead atoms. The van der Waals surface area contributed by atoms with Crippen molar-refractivity contribution in [1.82, 2.24) is 9.88 Å². The van der Waals surface area contributed by atoms with E-state index in [-0.39, 0.29) is 38.3 Å². The summed E-state index contributed by atoms with van der Waals surface area (Å²) in [6, 6.07) is 2.63. The number of halogens is 5. The average Bonchev–Trinajstić information content (AvgIpc) is 3.46. The third kappa shape index (κ3) is 6.16. The van der Waals surface area contributed by atoms with Crippen LogP contribution < -0.4 is 15.8 Å². The Balaban J connectivity index is 1.41. The van der Waals surface area contributed by atoms with Crippen LogP contribution in [0.25, 0.3) is 11.1 Å². The summed E-state index contributed by atoms with van der Waals surface area (Å²) >= 11 is 0. The summed E-state index contributed by atoms with van der Waals surface area (Å²) in [5, 5.41) is 12.0. The molecule has 2 aliphatic heterocycles. The first-order valence-electron chi connectivity index (χ1n) is 14.0. The molecule has 3 aromatic rings. The summed E-state index contributed by atoms with van der Waals surface area (Å²) in [6.45, 7) is 2.79. The van der Waals surface area contributed by atoms with Gasteiger partial charge < -0.3 is 29.4 Å². The number of benzene rings is 2. The number of aliphatic carboxylic acids is 1. The lowest BCUT2D eigenvalue weighted by molar-refractivity contribution is -0.167. The summed E-state index contributed by atoms with van der Waals surface area (Å²) in [5.74, 6) is -5.77. The minimum absolute atomic E-state index is 0.102. The summed E-state index contributed by atoms with van der Waals surface area (Å²) < 4.78 is 82.7. The summed E-state index contributed by atoms with van der Waals surface area (Å²) in [4.78, 5) is 39.0. The van der Waals surface area contributed by atoms with Gasteiger partial charge in [0.15, 0.2) is 0 Å². The molecule has 2 aromatic carbocycles. The highest BCUT2D eigenvalue weighted by Crippen LogP contribution is 2.35. The van der Waals surface area contributed by atoms with Gasteiger partial charge in [-0.2, -0.15) is 13.2 Å². The molecule has 2 N–H and O–H groups in total. The topological polar surface area (TPSA) is 110 Å². The number of anilines is 1. The van der Waals surface area contributed by atoms with Crippen molar-refractivity contribution < 1.29 is 46.1 Å². The normalized spacial score (nSPS) is 17.2. The lowest BCUT2D eigenvalue weighted by Gasteiger charge is -2.38. The fraction of sp³-hybridized carbons (Fsp3) is 0.387. The number of ether oxygens (including phenoxy) is 2. The number of amides is 1. The van der Waals surface area contributed by atoms with E-state index in [0.717, 1.165) is 16.2 Å². The Morgan fingerprint density at radius 2 is 1.73 bits per heavy atom. The van der Waals surface area contributed by atoms with Crippen molar-refractivity contribution >= 4 is 17.6 Å². The molecular weight excluding hydrogens is 605 g/mol. The van der Waals surface area contributed by atoms with E-state index in [2.05, 4.69) is 5.32 Å². The first kappa shape index (κ1) is 32.1. The molecule has 240 valence electrons. The quantitative estimate of drug-likeness (QED) is 0.375. The van der Waals surface area contributed by atoms with Gasteiger partial charge in [0.2, 0.25) is 0 Å². The van der Waals surface area contributed by atoms with E-state index in [4.69, 9.17) is 9.47 Å². The second-order valence-corrected chi connectivity index (χ2v) is 11.1. The number of carbonyl (C=O) groups excluding carboxylic acids is 1. The van der Waals surface area contributed by atoms with Crippen LogP contribution in [0.2, 0.25) is 0 Å². The molecule has 0 spiro atoms. The number of carboxylic acids is 1. The molecule has 0 radical (unpaired) electrons. The van der Waals surface area contributed by atoms with Crippen LogP contribution in [0, 0.1) is 25.5 Å². The highest BCUT2D eigenvalue weighted by molar-refractivity contribution is 5.97. The number of alkyl halides is 3. The number of morpholine rings is 1. The Morgan fingerprint density at radius 1 is 1.07 bits per heavy atom. The predicted molar refractivity (Wildman–Crippen MR) is 152 cm³/mol. The SMILES string of the molecule is Cc1cc(C)n(C)c(=O)c1-c1ccc(C[C@H](NC(=O)c2c(F)cc(N3CCOC[C@@H]3C(F)(F)F)cc2F)C(=O)O)c2c1COC2. The van der Waals surface area contributed by atoms with Crippen LogP contribution in [-0.4, -0.2) is 59.6 Å². The van der Waals surface area contributed by atoms with E-state index < -0.39 is 59.6 Å². The fourth-order valence-corrected chi connectivity index (χ4v) is 5.85. The van der Waals surface area contributed by atoms with Crippen LogP contribution in [0.1, 0.15) is 38.3 Å². The number of aromatic nitrogens is 1.